The second kappa shape index (κ2) is 10.9. The molecule has 0 bridgehead atoms. The van der Waals surface area contributed by atoms with E-state index in [1.807, 2.05) is 0 Å². The predicted molar refractivity (Wildman–Crippen MR) is 112 cm³/mol. The molecule has 2 rings (SSSR count). The molecule has 30 heavy (non-hydrogen) atoms. The first-order valence-electron chi connectivity index (χ1n) is 9.63. The molecule has 6 nitrogen and oxygen atoms in total. The predicted octanol–water partition coefficient (Wildman–Crippen LogP) is 3.30. The van der Waals surface area contributed by atoms with Crippen LogP contribution in [-0.2, 0) is 14.3 Å². The number of amides is 2. The van der Waals surface area contributed by atoms with Crippen molar-refractivity contribution in [1.29, 1.82) is 0 Å². The summed E-state index contributed by atoms with van der Waals surface area (Å²) in [4.78, 5) is 37.7. The van der Waals surface area contributed by atoms with Gasteiger partial charge in [-0.05, 0) is 37.1 Å². The Labute approximate surface area is 175 Å². The van der Waals surface area contributed by atoms with E-state index in [2.05, 4.69) is 10.6 Å². The van der Waals surface area contributed by atoms with Crippen molar-refractivity contribution in [2.24, 2.45) is 5.92 Å². The van der Waals surface area contributed by atoms with Crippen molar-refractivity contribution in [3.05, 3.63) is 77.2 Å². The quantitative estimate of drug-likeness (QED) is 0.515. The molecule has 0 spiro atoms. The molecule has 0 aliphatic rings. The van der Waals surface area contributed by atoms with Gasteiger partial charge in [0.2, 0.25) is 0 Å². The monoisotopic (exact) mass is 412 g/mol. The summed E-state index contributed by atoms with van der Waals surface area (Å²) >= 11 is 0. The molecule has 158 valence electrons. The summed E-state index contributed by atoms with van der Waals surface area (Å²) < 4.78 is 19.1. The Hall–Kier alpha value is -3.48. The summed E-state index contributed by atoms with van der Waals surface area (Å²) in [7, 11) is 0. The smallest absolute Gasteiger partial charge is 0.328 e. The topological polar surface area (TPSA) is 84.5 Å². The van der Waals surface area contributed by atoms with Crippen LogP contribution in [-0.4, -0.2) is 30.4 Å². The first-order chi connectivity index (χ1) is 14.3. The second-order valence-corrected chi connectivity index (χ2v) is 6.85. The van der Waals surface area contributed by atoms with Crippen molar-refractivity contribution in [3.8, 4) is 0 Å². The number of ether oxygens (including phenoxy) is 1. The molecule has 2 aromatic carbocycles. The van der Waals surface area contributed by atoms with E-state index in [1.54, 1.807) is 57.2 Å². The molecular formula is C23H25FN2O4. The molecule has 2 amide bonds. The third-order valence-corrected chi connectivity index (χ3v) is 4.23. The first kappa shape index (κ1) is 22.8. The number of rotatable bonds is 8. The lowest BCUT2D eigenvalue weighted by molar-refractivity contribution is -0.148. The third kappa shape index (κ3) is 6.27. The van der Waals surface area contributed by atoms with Crippen molar-refractivity contribution in [3.63, 3.8) is 0 Å². The largest absolute Gasteiger partial charge is 0.464 e. The van der Waals surface area contributed by atoms with Crippen LogP contribution in [0.25, 0.3) is 6.08 Å². The van der Waals surface area contributed by atoms with E-state index >= 15 is 0 Å². The zero-order valence-corrected chi connectivity index (χ0v) is 17.1. The lowest BCUT2D eigenvalue weighted by atomic mass is 10.0. The summed E-state index contributed by atoms with van der Waals surface area (Å²) in [6.45, 7) is 5.34. The second-order valence-electron chi connectivity index (χ2n) is 6.85. The van der Waals surface area contributed by atoms with Gasteiger partial charge in [0.15, 0.2) is 0 Å². The van der Waals surface area contributed by atoms with Gasteiger partial charge in [-0.2, -0.15) is 0 Å². The standard InChI is InChI=1S/C23H25FN2O4/c1-4-30-23(29)20(15(2)3)26-22(28)19(14-17-12-8-9-13-18(17)24)25-21(27)16-10-6-5-7-11-16/h5-15,20H,4H2,1-3H3,(H,25,27)(H,26,28)/b19-14-/t20-/m0/s1. The van der Waals surface area contributed by atoms with E-state index in [1.165, 1.54) is 24.3 Å². The molecule has 0 radical (unpaired) electrons. The number of carbonyl (C=O) groups is 3. The summed E-state index contributed by atoms with van der Waals surface area (Å²) in [6.07, 6.45) is 1.23. The summed E-state index contributed by atoms with van der Waals surface area (Å²) in [5.41, 5.74) is 0.257. The molecule has 2 aromatic rings. The highest BCUT2D eigenvalue weighted by atomic mass is 19.1. The van der Waals surface area contributed by atoms with Crippen LogP contribution in [0.2, 0.25) is 0 Å². The van der Waals surface area contributed by atoms with Gasteiger partial charge in [0.1, 0.15) is 17.6 Å². The molecular weight excluding hydrogens is 387 g/mol. The molecule has 0 fully saturated rings. The number of hydrogen-bond acceptors (Lipinski definition) is 4. The Kier molecular flexibility index (Phi) is 8.29. The van der Waals surface area contributed by atoms with Gasteiger partial charge in [-0.1, -0.05) is 50.2 Å². The van der Waals surface area contributed by atoms with Gasteiger partial charge in [0.25, 0.3) is 11.8 Å². The molecule has 1 atom stereocenters. The van der Waals surface area contributed by atoms with Crippen LogP contribution in [0.1, 0.15) is 36.7 Å². The molecule has 0 aromatic heterocycles. The number of benzene rings is 2. The Morgan fingerprint density at radius 3 is 2.27 bits per heavy atom. The Bertz CT molecular complexity index is 926. The lowest BCUT2D eigenvalue weighted by Crippen LogP contribution is -2.47. The van der Waals surface area contributed by atoms with Crippen LogP contribution < -0.4 is 10.6 Å². The van der Waals surface area contributed by atoms with E-state index in [9.17, 15) is 18.8 Å². The van der Waals surface area contributed by atoms with Crippen molar-refractivity contribution in [2.75, 3.05) is 6.61 Å². The fourth-order valence-corrected chi connectivity index (χ4v) is 2.64. The van der Waals surface area contributed by atoms with E-state index in [-0.39, 0.29) is 23.8 Å². The third-order valence-electron chi connectivity index (χ3n) is 4.23. The van der Waals surface area contributed by atoms with Gasteiger partial charge >= 0.3 is 5.97 Å². The normalized spacial score (nSPS) is 12.2. The van der Waals surface area contributed by atoms with E-state index in [0.717, 1.165) is 0 Å². The van der Waals surface area contributed by atoms with Crippen LogP contribution in [0.15, 0.2) is 60.3 Å². The zero-order valence-electron chi connectivity index (χ0n) is 17.1. The summed E-state index contributed by atoms with van der Waals surface area (Å²) in [6, 6.07) is 13.2. The van der Waals surface area contributed by atoms with Crippen molar-refractivity contribution < 1.29 is 23.5 Å². The lowest BCUT2D eigenvalue weighted by Gasteiger charge is -2.21. The first-order valence-corrected chi connectivity index (χ1v) is 9.63. The molecule has 7 heteroatoms. The molecule has 0 heterocycles. The Balaban J connectivity index is 2.34. The van der Waals surface area contributed by atoms with Crippen molar-refractivity contribution in [2.45, 2.75) is 26.8 Å². The Morgan fingerprint density at radius 2 is 1.67 bits per heavy atom. The maximum atomic E-state index is 14.1. The van der Waals surface area contributed by atoms with E-state index < -0.39 is 29.6 Å². The van der Waals surface area contributed by atoms with Crippen molar-refractivity contribution >= 4 is 23.9 Å². The number of halogens is 1. The van der Waals surface area contributed by atoms with Crippen molar-refractivity contribution in [1.82, 2.24) is 10.6 Å². The highest BCUT2D eigenvalue weighted by molar-refractivity contribution is 6.06. The fourth-order valence-electron chi connectivity index (χ4n) is 2.64. The maximum absolute atomic E-state index is 14.1. The van der Waals surface area contributed by atoms with Gasteiger partial charge < -0.3 is 15.4 Å². The van der Waals surface area contributed by atoms with E-state index in [4.69, 9.17) is 4.74 Å². The molecule has 0 unspecified atom stereocenters. The van der Waals surface area contributed by atoms with Gasteiger partial charge in [-0.25, -0.2) is 9.18 Å². The number of carbonyl (C=O) groups excluding carboxylic acids is 3. The highest BCUT2D eigenvalue weighted by Crippen LogP contribution is 2.13. The molecule has 0 aliphatic heterocycles. The average Bonchev–Trinajstić information content (AvgIpc) is 2.73. The SMILES string of the molecule is CCOC(=O)[C@@H](NC(=O)/C(=C/c1ccccc1F)NC(=O)c1ccccc1)C(C)C. The maximum Gasteiger partial charge on any atom is 0.328 e. The highest BCUT2D eigenvalue weighted by Gasteiger charge is 2.27. The average molecular weight is 412 g/mol. The van der Waals surface area contributed by atoms with Gasteiger partial charge in [-0.15, -0.1) is 0 Å². The molecule has 2 N–H and O–H groups in total. The summed E-state index contributed by atoms with van der Waals surface area (Å²) in [5.74, 6) is -2.66. The zero-order chi connectivity index (χ0) is 22.1. The minimum Gasteiger partial charge on any atom is -0.464 e. The Morgan fingerprint density at radius 1 is 1.03 bits per heavy atom. The van der Waals surface area contributed by atoms with Crippen LogP contribution in [0.4, 0.5) is 4.39 Å². The number of nitrogens with one attached hydrogen (secondary N) is 2. The minimum atomic E-state index is -0.921. The molecule has 0 aliphatic carbocycles. The number of hydrogen-bond donors (Lipinski definition) is 2. The van der Waals surface area contributed by atoms with Crippen LogP contribution in [0, 0.1) is 11.7 Å². The minimum absolute atomic E-state index is 0.119. The van der Waals surface area contributed by atoms with Crippen LogP contribution >= 0.6 is 0 Å². The van der Waals surface area contributed by atoms with Gasteiger partial charge in [0.05, 0.1) is 6.61 Å². The van der Waals surface area contributed by atoms with Crippen LogP contribution in [0.3, 0.4) is 0 Å². The fraction of sp³-hybridized carbons (Fsp3) is 0.261. The van der Waals surface area contributed by atoms with E-state index in [0.29, 0.717) is 5.56 Å². The molecule has 0 saturated carbocycles. The number of esters is 1. The van der Waals surface area contributed by atoms with Gasteiger partial charge in [-0.3, -0.25) is 9.59 Å². The molecule has 0 saturated heterocycles. The van der Waals surface area contributed by atoms with Crippen LogP contribution in [0.5, 0.6) is 0 Å². The summed E-state index contributed by atoms with van der Waals surface area (Å²) in [5, 5.41) is 5.09. The van der Waals surface area contributed by atoms with Gasteiger partial charge in [0, 0.05) is 11.1 Å².